The summed E-state index contributed by atoms with van der Waals surface area (Å²) in [5.41, 5.74) is 5.86. The van der Waals surface area contributed by atoms with Crippen LogP contribution < -0.4 is 5.73 Å². The third-order valence-electron chi connectivity index (χ3n) is 3.32. The number of nitrogens with zero attached hydrogens (tertiary/aromatic N) is 1. The minimum atomic E-state index is 0.0744. The van der Waals surface area contributed by atoms with Gasteiger partial charge in [0.2, 0.25) is 5.91 Å². The summed E-state index contributed by atoms with van der Waals surface area (Å²) in [4.78, 5) is 14.0. The molecule has 2 aliphatic rings. The minimum absolute atomic E-state index is 0.0744. The predicted octanol–water partition coefficient (Wildman–Crippen LogP) is 0.361. The summed E-state index contributed by atoms with van der Waals surface area (Å²) in [7, 11) is 0. The van der Waals surface area contributed by atoms with Crippen LogP contribution in [0.5, 0.6) is 0 Å². The molecule has 2 unspecified atom stereocenters. The second-order valence-electron chi connectivity index (χ2n) is 4.76. The van der Waals surface area contributed by atoms with E-state index in [-0.39, 0.29) is 24.0 Å². The Bertz CT molecular complexity index is 245. The molecule has 2 aliphatic heterocycles. The number of carbonyl (C=O) groups excluding carboxylic acids is 1. The van der Waals surface area contributed by atoms with Crippen LogP contribution in [0.25, 0.3) is 0 Å². The van der Waals surface area contributed by atoms with Gasteiger partial charge in [0.15, 0.2) is 0 Å². The second-order valence-corrected chi connectivity index (χ2v) is 4.76. The summed E-state index contributed by atoms with van der Waals surface area (Å²) in [5.74, 6) is 0.319. The fraction of sp³-hybridized carbons (Fsp3) is 0.909. The van der Waals surface area contributed by atoms with Crippen molar-refractivity contribution in [3.05, 3.63) is 0 Å². The molecular weight excluding hydrogens is 192 g/mol. The molecule has 4 heteroatoms. The molecule has 2 N–H and O–H groups in total. The Morgan fingerprint density at radius 2 is 2.33 bits per heavy atom. The van der Waals surface area contributed by atoms with E-state index < -0.39 is 0 Å². The van der Waals surface area contributed by atoms with Gasteiger partial charge in [0.05, 0.1) is 18.6 Å². The van der Waals surface area contributed by atoms with Gasteiger partial charge in [-0.05, 0) is 26.2 Å². The van der Waals surface area contributed by atoms with Gasteiger partial charge < -0.3 is 15.4 Å². The molecule has 0 aromatic heterocycles. The summed E-state index contributed by atoms with van der Waals surface area (Å²) in [6.07, 6.45) is 3.18. The first-order chi connectivity index (χ1) is 7.16. The summed E-state index contributed by atoms with van der Waals surface area (Å²) in [6, 6.07) is 0.169. The zero-order valence-corrected chi connectivity index (χ0v) is 9.32. The van der Waals surface area contributed by atoms with Crippen LogP contribution in [0.1, 0.15) is 26.2 Å². The Hall–Kier alpha value is -0.610. The Labute approximate surface area is 90.8 Å². The normalized spacial score (nSPS) is 36.9. The first-order valence-corrected chi connectivity index (χ1v) is 5.83. The summed E-state index contributed by atoms with van der Waals surface area (Å²) in [6.45, 7) is 4.21. The van der Waals surface area contributed by atoms with Crippen LogP contribution in [0, 0.1) is 5.92 Å². The van der Waals surface area contributed by atoms with Gasteiger partial charge in [-0.2, -0.15) is 0 Å². The van der Waals surface area contributed by atoms with Gasteiger partial charge in [-0.1, -0.05) is 0 Å². The molecule has 0 radical (unpaired) electrons. The van der Waals surface area contributed by atoms with E-state index in [1.165, 1.54) is 0 Å². The molecule has 2 heterocycles. The highest BCUT2D eigenvalue weighted by atomic mass is 16.5. The third-order valence-corrected chi connectivity index (χ3v) is 3.32. The molecule has 2 saturated heterocycles. The molecule has 0 saturated carbocycles. The molecule has 0 spiro atoms. The van der Waals surface area contributed by atoms with Crippen molar-refractivity contribution in [2.24, 2.45) is 11.7 Å². The van der Waals surface area contributed by atoms with Crippen LogP contribution >= 0.6 is 0 Å². The van der Waals surface area contributed by atoms with Crippen LogP contribution in [0.4, 0.5) is 0 Å². The molecule has 0 aliphatic carbocycles. The van der Waals surface area contributed by atoms with E-state index in [0.29, 0.717) is 6.61 Å². The number of piperidine rings is 1. The quantitative estimate of drug-likeness (QED) is 0.683. The van der Waals surface area contributed by atoms with Gasteiger partial charge >= 0.3 is 0 Å². The van der Waals surface area contributed by atoms with Crippen molar-refractivity contribution in [1.82, 2.24) is 4.90 Å². The average molecular weight is 212 g/mol. The standard InChI is InChI=1S/C11H20N2O2/c1-8-5-9(7-15-8)11(14)13-4-2-3-10(12)6-13/h8-10H,2-7,12H2,1H3/t8?,9?,10-/m1/s1. The number of hydrogen-bond acceptors (Lipinski definition) is 3. The Morgan fingerprint density at radius 1 is 1.53 bits per heavy atom. The van der Waals surface area contributed by atoms with E-state index in [0.717, 1.165) is 32.4 Å². The molecule has 2 fully saturated rings. The summed E-state index contributed by atoms with van der Waals surface area (Å²) >= 11 is 0. The first kappa shape index (κ1) is 10.9. The average Bonchev–Trinajstić information content (AvgIpc) is 2.64. The van der Waals surface area contributed by atoms with Crippen molar-refractivity contribution in [2.45, 2.75) is 38.3 Å². The molecule has 0 bridgehead atoms. The molecular formula is C11H20N2O2. The monoisotopic (exact) mass is 212 g/mol. The van der Waals surface area contributed by atoms with Crippen LogP contribution in [0.15, 0.2) is 0 Å². The van der Waals surface area contributed by atoms with E-state index in [1.807, 2.05) is 11.8 Å². The number of likely N-dealkylation sites (tertiary alicyclic amines) is 1. The molecule has 3 atom stereocenters. The lowest BCUT2D eigenvalue weighted by Crippen LogP contribution is -2.47. The first-order valence-electron chi connectivity index (χ1n) is 5.83. The molecule has 0 aromatic carbocycles. The fourth-order valence-corrected chi connectivity index (χ4v) is 2.46. The van der Waals surface area contributed by atoms with Crippen molar-refractivity contribution < 1.29 is 9.53 Å². The maximum atomic E-state index is 12.1. The van der Waals surface area contributed by atoms with Gasteiger partial charge in [0.1, 0.15) is 0 Å². The lowest BCUT2D eigenvalue weighted by atomic mass is 10.0. The van der Waals surface area contributed by atoms with E-state index in [2.05, 4.69) is 0 Å². The van der Waals surface area contributed by atoms with Crippen LogP contribution in [-0.4, -0.2) is 42.6 Å². The van der Waals surface area contributed by atoms with Crippen LogP contribution in [-0.2, 0) is 9.53 Å². The fourth-order valence-electron chi connectivity index (χ4n) is 2.46. The Balaban J connectivity index is 1.89. The molecule has 2 rings (SSSR count). The highest BCUT2D eigenvalue weighted by Gasteiger charge is 2.32. The number of nitrogens with two attached hydrogens (primary N) is 1. The topological polar surface area (TPSA) is 55.6 Å². The molecule has 0 aromatic rings. The molecule has 86 valence electrons. The lowest BCUT2D eigenvalue weighted by molar-refractivity contribution is -0.136. The van der Waals surface area contributed by atoms with Gasteiger partial charge in [-0.3, -0.25) is 4.79 Å². The van der Waals surface area contributed by atoms with Crippen LogP contribution in [0.3, 0.4) is 0 Å². The van der Waals surface area contributed by atoms with Gasteiger partial charge in [0.25, 0.3) is 0 Å². The maximum absolute atomic E-state index is 12.1. The zero-order valence-electron chi connectivity index (χ0n) is 9.32. The maximum Gasteiger partial charge on any atom is 0.228 e. The number of ether oxygens (including phenoxy) is 1. The van der Waals surface area contributed by atoms with Crippen LogP contribution in [0.2, 0.25) is 0 Å². The SMILES string of the molecule is CC1CC(C(=O)N2CCC[C@@H](N)C2)CO1. The minimum Gasteiger partial charge on any atom is -0.378 e. The Morgan fingerprint density at radius 3 is 2.93 bits per heavy atom. The molecule has 1 amide bonds. The predicted molar refractivity (Wildman–Crippen MR) is 57.3 cm³/mol. The zero-order chi connectivity index (χ0) is 10.8. The smallest absolute Gasteiger partial charge is 0.228 e. The number of carbonyl (C=O) groups is 1. The summed E-state index contributed by atoms with van der Waals surface area (Å²) < 4.78 is 5.43. The number of hydrogen-bond donors (Lipinski definition) is 1. The van der Waals surface area contributed by atoms with Gasteiger partial charge in [0, 0.05) is 19.1 Å². The molecule has 15 heavy (non-hydrogen) atoms. The largest absolute Gasteiger partial charge is 0.378 e. The van der Waals surface area contributed by atoms with Crippen molar-refractivity contribution in [3.8, 4) is 0 Å². The third kappa shape index (κ3) is 2.49. The van der Waals surface area contributed by atoms with E-state index in [9.17, 15) is 4.79 Å². The Kier molecular flexibility index (Phi) is 3.26. The second kappa shape index (κ2) is 4.49. The number of rotatable bonds is 1. The summed E-state index contributed by atoms with van der Waals surface area (Å²) in [5, 5.41) is 0. The highest BCUT2D eigenvalue weighted by Crippen LogP contribution is 2.22. The van der Waals surface area contributed by atoms with E-state index in [1.54, 1.807) is 0 Å². The highest BCUT2D eigenvalue weighted by molar-refractivity contribution is 5.79. The van der Waals surface area contributed by atoms with E-state index in [4.69, 9.17) is 10.5 Å². The van der Waals surface area contributed by atoms with Crippen molar-refractivity contribution in [3.63, 3.8) is 0 Å². The van der Waals surface area contributed by atoms with Gasteiger partial charge in [-0.25, -0.2) is 0 Å². The molecule has 4 nitrogen and oxygen atoms in total. The van der Waals surface area contributed by atoms with Gasteiger partial charge in [-0.15, -0.1) is 0 Å². The lowest BCUT2D eigenvalue weighted by Gasteiger charge is -2.32. The van der Waals surface area contributed by atoms with Crippen molar-refractivity contribution >= 4 is 5.91 Å². The van der Waals surface area contributed by atoms with Crippen molar-refractivity contribution in [1.29, 1.82) is 0 Å². The van der Waals surface area contributed by atoms with Crippen molar-refractivity contribution in [2.75, 3.05) is 19.7 Å². The number of amides is 1. The van der Waals surface area contributed by atoms with E-state index >= 15 is 0 Å².